The lowest BCUT2D eigenvalue weighted by molar-refractivity contribution is -0.117. The summed E-state index contributed by atoms with van der Waals surface area (Å²) in [7, 11) is 3.11. The molecule has 1 aromatic carbocycles. The van der Waals surface area contributed by atoms with Crippen LogP contribution >= 0.6 is 0 Å². The first-order valence-electron chi connectivity index (χ1n) is 7.32. The fourth-order valence-electron chi connectivity index (χ4n) is 2.59. The number of benzene rings is 1. The van der Waals surface area contributed by atoms with E-state index in [1.54, 1.807) is 32.4 Å². The first kappa shape index (κ1) is 15.9. The highest BCUT2D eigenvalue weighted by atomic mass is 16.5. The Kier molecular flexibility index (Phi) is 5.42. The predicted octanol–water partition coefficient (Wildman–Crippen LogP) is 2.67. The molecule has 0 bridgehead atoms. The van der Waals surface area contributed by atoms with Crippen LogP contribution in [0.2, 0.25) is 0 Å². The van der Waals surface area contributed by atoms with Crippen molar-refractivity contribution in [2.45, 2.75) is 31.7 Å². The second kappa shape index (κ2) is 7.51. The third kappa shape index (κ3) is 3.79. The van der Waals surface area contributed by atoms with Crippen molar-refractivity contribution in [2.75, 3.05) is 14.2 Å². The molecule has 5 nitrogen and oxygen atoms in total. The van der Waals surface area contributed by atoms with Gasteiger partial charge < -0.3 is 14.8 Å². The molecule has 1 aliphatic rings. The fourth-order valence-corrected chi connectivity index (χ4v) is 2.59. The molecule has 1 fully saturated rings. The topological polar surface area (TPSA) is 71.3 Å². The third-order valence-electron chi connectivity index (χ3n) is 3.79. The van der Waals surface area contributed by atoms with E-state index in [2.05, 4.69) is 5.32 Å². The van der Waals surface area contributed by atoms with Crippen LogP contribution < -0.4 is 14.8 Å². The first-order chi connectivity index (χ1) is 10.7. The Morgan fingerprint density at radius 2 is 2.05 bits per heavy atom. The summed E-state index contributed by atoms with van der Waals surface area (Å²) < 4.78 is 10.4. The number of hydrogen-bond donors (Lipinski definition) is 1. The summed E-state index contributed by atoms with van der Waals surface area (Å²) in [6, 6.07) is 7.39. The van der Waals surface area contributed by atoms with Crippen molar-refractivity contribution in [3.63, 3.8) is 0 Å². The zero-order valence-electron chi connectivity index (χ0n) is 12.9. The van der Waals surface area contributed by atoms with Gasteiger partial charge in [0.2, 0.25) is 0 Å². The van der Waals surface area contributed by atoms with Crippen molar-refractivity contribution in [2.24, 2.45) is 0 Å². The molecular formula is C17H20N2O3. The van der Waals surface area contributed by atoms with Gasteiger partial charge in [0.1, 0.15) is 23.1 Å². The number of amides is 1. The Bertz CT molecular complexity index is 611. The minimum atomic E-state index is -0.334. The molecule has 0 atom stereocenters. The van der Waals surface area contributed by atoms with E-state index in [-0.39, 0.29) is 17.5 Å². The fraction of sp³-hybridized carbons (Fsp3) is 0.412. The first-order valence-corrected chi connectivity index (χ1v) is 7.32. The van der Waals surface area contributed by atoms with Gasteiger partial charge in [0.15, 0.2) is 0 Å². The lowest BCUT2D eigenvalue weighted by Gasteiger charge is -2.12. The lowest BCUT2D eigenvalue weighted by Crippen LogP contribution is -2.33. The predicted molar refractivity (Wildman–Crippen MR) is 83.5 cm³/mol. The van der Waals surface area contributed by atoms with Gasteiger partial charge in [-0.25, -0.2) is 0 Å². The normalized spacial score (nSPS) is 15.2. The number of carbonyl (C=O) groups is 1. The third-order valence-corrected chi connectivity index (χ3v) is 3.79. The maximum atomic E-state index is 12.2. The highest BCUT2D eigenvalue weighted by Crippen LogP contribution is 2.26. The highest BCUT2D eigenvalue weighted by Gasteiger charge is 2.19. The van der Waals surface area contributed by atoms with E-state index >= 15 is 0 Å². The summed E-state index contributed by atoms with van der Waals surface area (Å²) in [5.41, 5.74) is 0.707. The zero-order chi connectivity index (χ0) is 15.9. The van der Waals surface area contributed by atoms with Crippen molar-refractivity contribution in [3.05, 3.63) is 29.3 Å². The molecule has 1 saturated carbocycles. The summed E-state index contributed by atoms with van der Waals surface area (Å²) in [5, 5.41) is 12.2. The van der Waals surface area contributed by atoms with Crippen LogP contribution in [-0.2, 0) is 4.79 Å². The van der Waals surface area contributed by atoms with Crippen LogP contribution in [0.3, 0.4) is 0 Å². The van der Waals surface area contributed by atoms with Gasteiger partial charge in [-0.15, -0.1) is 0 Å². The van der Waals surface area contributed by atoms with Gasteiger partial charge in [0.25, 0.3) is 5.91 Å². The van der Waals surface area contributed by atoms with E-state index in [4.69, 9.17) is 9.47 Å². The Labute approximate surface area is 130 Å². The number of ether oxygens (including phenoxy) is 2. The molecule has 0 radical (unpaired) electrons. The molecule has 1 aromatic rings. The Hall–Kier alpha value is -2.48. The molecule has 116 valence electrons. The minimum Gasteiger partial charge on any atom is -0.497 e. The maximum Gasteiger partial charge on any atom is 0.262 e. The summed E-state index contributed by atoms with van der Waals surface area (Å²) in [4.78, 5) is 12.2. The summed E-state index contributed by atoms with van der Waals surface area (Å²) in [6.07, 6.45) is 5.74. The molecule has 2 rings (SSSR count). The second-order valence-electron chi connectivity index (χ2n) is 5.23. The molecule has 1 aliphatic carbocycles. The number of methoxy groups -OCH3 is 2. The van der Waals surface area contributed by atoms with Crippen LogP contribution in [0.15, 0.2) is 23.8 Å². The zero-order valence-corrected chi connectivity index (χ0v) is 12.9. The number of nitriles is 1. The SMILES string of the molecule is COc1ccc(OC)c(/C=C(/C#N)C(=O)NC2CCCC2)c1. The van der Waals surface area contributed by atoms with Crippen LogP contribution in [0, 0.1) is 11.3 Å². The van der Waals surface area contributed by atoms with Crippen molar-refractivity contribution < 1.29 is 14.3 Å². The van der Waals surface area contributed by atoms with Crippen LogP contribution in [0.4, 0.5) is 0 Å². The molecular weight excluding hydrogens is 280 g/mol. The molecule has 0 spiro atoms. The number of nitrogens with one attached hydrogen (secondary N) is 1. The smallest absolute Gasteiger partial charge is 0.262 e. The van der Waals surface area contributed by atoms with Gasteiger partial charge in [-0.1, -0.05) is 12.8 Å². The van der Waals surface area contributed by atoms with Gasteiger partial charge >= 0.3 is 0 Å². The van der Waals surface area contributed by atoms with E-state index in [1.807, 2.05) is 6.07 Å². The van der Waals surface area contributed by atoms with E-state index in [1.165, 1.54) is 6.08 Å². The second-order valence-corrected chi connectivity index (χ2v) is 5.23. The summed E-state index contributed by atoms with van der Waals surface area (Å²) >= 11 is 0. The van der Waals surface area contributed by atoms with Crippen LogP contribution in [-0.4, -0.2) is 26.2 Å². The Balaban J connectivity index is 2.23. The van der Waals surface area contributed by atoms with Gasteiger partial charge in [0.05, 0.1) is 14.2 Å². The van der Waals surface area contributed by atoms with Gasteiger partial charge in [-0.3, -0.25) is 4.79 Å². The molecule has 1 amide bonds. The van der Waals surface area contributed by atoms with Crippen LogP contribution in [0.25, 0.3) is 6.08 Å². The van der Waals surface area contributed by atoms with Crippen LogP contribution in [0.1, 0.15) is 31.2 Å². The van der Waals surface area contributed by atoms with E-state index in [0.29, 0.717) is 17.1 Å². The van der Waals surface area contributed by atoms with Crippen molar-refractivity contribution >= 4 is 12.0 Å². The van der Waals surface area contributed by atoms with Crippen molar-refractivity contribution in [1.29, 1.82) is 5.26 Å². The minimum absolute atomic E-state index is 0.0680. The molecule has 0 heterocycles. The summed E-state index contributed by atoms with van der Waals surface area (Å²) in [6.45, 7) is 0. The van der Waals surface area contributed by atoms with Gasteiger partial charge in [-0.2, -0.15) is 5.26 Å². The Morgan fingerprint density at radius 1 is 1.32 bits per heavy atom. The molecule has 1 N–H and O–H groups in total. The monoisotopic (exact) mass is 300 g/mol. The van der Waals surface area contributed by atoms with Gasteiger partial charge in [-0.05, 0) is 37.1 Å². The molecule has 0 aromatic heterocycles. The Morgan fingerprint density at radius 3 is 2.64 bits per heavy atom. The van der Waals surface area contributed by atoms with E-state index < -0.39 is 0 Å². The molecule has 0 saturated heterocycles. The molecule has 22 heavy (non-hydrogen) atoms. The van der Waals surface area contributed by atoms with Gasteiger partial charge in [0, 0.05) is 11.6 Å². The van der Waals surface area contributed by atoms with Crippen LogP contribution in [0.5, 0.6) is 11.5 Å². The largest absolute Gasteiger partial charge is 0.497 e. The standard InChI is InChI=1S/C17H20N2O3/c1-21-15-7-8-16(22-2)12(10-15)9-13(11-18)17(20)19-14-5-3-4-6-14/h7-10,14H,3-6H2,1-2H3,(H,19,20)/b13-9-. The van der Waals surface area contributed by atoms with Crippen molar-refractivity contribution in [3.8, 4) is 17.6 Å². The highest BCUT2D eigenvalue weighted by molar-refractivity contribution is 6.02. The average molecular weight is 300 g/mol. The summed E-state index contributed by atoms with van der Waals surface area (Å²) in [5.74, 6) is 0.891. The van der Waals surface area contributed by atoms with Crippen molar-refractivity contribution in [1.82, 2.24) is 5.32 Å². The average Bonchev–Trinajstić information content (AvgIpc) is 3.05. The maximum absolute atomic E-state index is 12.2. The molecule has 5 heteroatoms. The number of rotatable bonds is 5. The lowest BCUT2D eigenvalue weighted by atomic mass is 10.1. The number of carbonyl (C=O) groups excluding carboxylic acids is 1. The molecule has 0 unspecified atom stereocenters. The molecule has 0 aliphatic heterocycles. The number of nitrogens with zero attached hydrogens (tertiary/aromatic N) is 1. The van der Waals surface area contributed by atoms with E-state index in [9.17, 15) is 10.1 Å². The van der Waals surface area contributed by atoms with E-state index in [0.717, 1.165) is 25.7 Å². The number of hydrogen-bond acceptors (Lipinski definition) is 4. The quantitative estimate of drug-likeness (QED) is 0.670.